The molecule has 0 unspecified atom stereocenters. The number of hydrogen-bond acceptors (Lipinski definition) is 5. The molecule has 0 aliphatic carbocycles. The quantitative estimate of drug-likeness (QED) is 0.657. The summed E-state index contributed by atoms with van der Waals surface area (Å²) >= 11 is 0. The van der Waals surface area contributed by atoms with Crippen LogP contribution in [0.3, 0.4) is 0 Å². The molecule has 2 aromatic heterocycles. The van der Waals surface area contributed by atoms with Crippen molar-refractivity contribution < 1.29 is 10.2 Å². The molecule has 6 heteroatoms. The van der Waals surface area contributed by atoms with E-state index in [0.717, 1.165) is 0 Å². The normalized spacial score (nSPS) is 10.8. The lowest BCUT2D eigenvalue weighted by atomic mass is 10.4. The SMILES string of the molecule is CCn1ncc2nc(O)nc(O)c21. The predicted molar refractivity (Wildman–Crippen MR) is 44.3 cm³/mol. The van der Waals surface area contributed by atoms with Gasteiger partial charge in [0, 0.05) is 6.54 Å². The van der Waals surface area contributed by atoms with Crippen LogP contribution in [0.2, 0.25) is 0 Å². The molecule has 6 nitrogen and oxygen atoms in total. The van der Waals surface area contributed by atoms with E-state index in [0.29, 0.717) is 17.6 Å². The Morgan fingerprint density at radius 1 is 1.38 bits per heavy atom. The van der Waals surface area contributed by atoms with Crippen LogP contribution in [-0.4, -0.2) is 30.0 Å². The van der Waals surface area contributed by atoms with Crippen molar-refractivity contribution in [3.05, 3.63) is 6.20 Å². The van der Waals surface area contributed by atoms with Gasteiger partial charge in [-0.05, 0) is 6.92 Å². The van der Waals surface area contributed by atoms with Crippen molar-refractivity contribution in [2.75, 3.05) is 0 Å². The highest BCUT2D eigenvalue weighted by Crippen LogP contribution is 2.22. The molecular formula is C7H8N4O2. The number of fused-ring (bicyclic) bond motifs is 1. The summed E-state index contributed by atoms with van der Waals surface area (Å²) in [5.74, 6) is -0.248. The van der Waals surface area contributed by atoms with Crippen LogP contribution in [0.25, 0.3) is 11.0 Å². The van der Waals surface area contributed by atoms with Gasteiger partial charge in [-0.15, -0.1) is 0 Å². The number of nitrogens with zero attached hydrogens (tertiary/aromatic N) is 4. The van der Waals surface area contributed by atoms with Gasteiger partial charge in [0.05, 0.1) is 6.20 Å². The van der Waals surface area contributed by atoms with E-state index >= 15 is 0 Å². The van der Waals surface area contributed by atoms with E-state index in [1.54, 1.807) is 4.68 Å². The van der Waals surface area contributed by atoms with E-state index < -0.39 is 6.01 Å². The van der Waals surface area contributed by atoms with Gasteiger partial charge in [-0.3, -0.25) is 4.68 Å². The van der Waals surface area contributed by atoms with Gasteiger partial charge < -0.3 is 10.2 Å². The molecule has 0 saturated carbocycles. The lowest BCUT2D eigenvalue weighted by molar-refractivity contribution is 0.401. The fraction of sp³-hybridized carbons (Fsp3) is 0.286. The minimum atomic E-state index is -0.444. The molecule has 0 spiro atoms. The van der Waals surface area contributed by atoms with E-state index in [2.05, 4.69) is 15.1 Å². The van der Waals surface area contributed by atoms with E-state index in [1.165, 1.54) is 6.20 Å². The molecule has 13 heavy (non-hydrogen) atoms. The summed E-state index contributed by atoms with van der Waals surface area (Å²) in [5.41, 5.74) is 0.882. The second-order valence-electron chi connectivity index (χ2n) is 2.54. The standard InChI is InChI=1S/C7H8N4O2/c1-2-11-5-4(3-8-11)9-7(13)10-6(5)12/h3H,2H2,1H3,(H2,9,10,12,13). The summed E-state index contributed by atoms with van der Waals surface area (Å²) in [6.07, 6.45) is 1.47. The number of hydrogen-bond donors (Lipinski definition) is 2. The first-order chi connectivity index (χ1) is 6.22. The van der Waals surface area contributed by atoms with Crippen molar-refractivity contribution >= 4 is 11.0 Å². The molecule has 2 aromatic rings. The van der Waals surface area contributed by atoms with Gasteiger partial charge in [-0.2, -0.15) is 15.1 Å². The Hall–Kier alpha value is -1.85. The minimum absolute atomic E-state index is 0.248. The van der Waals surface area contributed by atoms with E-state index in [1.807, 2.05) is 6.92 Å². The molecule has 0 atom stereocenters. The summed E-state index contributed by atoms with van der Waals surface area (Å²) in [4.78, 5) is 7.13. The molecule has 0 saturated heterocycles. The maximum absolute atomic E-state index is 9.38. The molecule has 0 bridgehead atoms. The first kappa shape index (κ1) is 7.78. The van der Waals surface area contributed by atoms with Gasteiger partial charge in [0.25, 0.3) is 0 Å². The third kappa shape index (κ3) is 1.07. The summed E-state index contributed by atoms with van der Waals surface area (Å²) in [6, 6.07) is -0.444. The first-order valence-electron chi connectivity index (χ1n) is 3.84. The fourth-order valence-corrected chi connectivity index (χ4v) is 1.21. The van der Waals surface area contributed by atoms with Gasteiger partial charge >= 0.3 is 6.01 Å². The van der Waals surface area contributed by atoms with Gasteiger partial charge in [0.15, 0.2) is 0 Å². The highest BCUT2D eigenvalue weighted by molar-refractivity contribution is 5.79. The van der Waals surface area contributed by atoms with Crippen LogP contribution in [0, 0.1) is 0 Å². The van der Waals surface area contributed by atoms with Crippen LogP contribution in [-0.2, 0) is 6.54 Å². The Kier molecular flexibility index (Phi) is 1.54. The van der Waals surface area contributed by atoms with Crippen LogP contribution in [0.1, 0.15) is 6.92 Å². The van der Waals surface area contributed by atoms with Crippen LogP contribution in [0.15, 0.2) is 6.20 Å². The van der Waals surface area contributed by atoms with Gasteiger partial charge in [0.1, 0.15) is 11.0 Å². The monoisotopic (exact) mass is 180 g/mol. The maximum atomic E-state index is 9.38. The molecule has 0 aliphatic heterocycles. The largest absolute Gasteiger partial charge is 0.492 e. The molecule has 2 rings (SSSR count). The molecule has 2 N–H and O–H groups in total. The summed E-state index contributed by atoms with van der Waals surface area (Å²) in [6.45, 7) is 2.50. The van der Waals surface area contributed by atoms with Crippen LogP contribution < -0.4 is 0 Å². The van der Waals surface area contributed by atoms with Crippen molar-refractivity contribution in [3.63, 3.8) is 0 Å². The third-order valence-electron chi connectivity index (χ3n) is 1.76. The lowest BCUT2D eigenvalue weighted by Gasteiger charge is -1.99. The Morgan fingerprint density at radius 2 is 2.15 bits per heavy atom. The van der Waals surface area contributed by atoms with E-state index in [-0.39, 0.29) is 5.88 Å². The second kappa shape index (κ2) is 2.58. The zero-order chi connectivity index (χ0) is 9.42. The van der Waals surface area contributed by atoms with Crippen molar-refractivity contribution in [2.24, 2.45) is 0 Å². The van der Waals surface area contributed by atoms with Gasteiger partial charge in [-0.25, -0.2) is 0 Å². The van der Waals surface area contributed by atoms with Crippen molar-refractivity contribution in [3.8, 4) is 11.9 Å². The molecular weight excluding hydrogens is 172 g/mol. The molecule has 2 heterocycles. The van der Waals surface area contributed by atoms with E-state index in [9.17, 15) is 5.11 Å². The van der Waals surface area contributed by atoms with Gasteiger partial charge in [0.2, 0.25) is 5.88 Å². The van der Waals surface area contributed by atoms with Crippen molar-refractivity contribution in [1.29, 1.82) is 0 Å². The molecule has 0 aliphatic rings. The molecule has 68 valence electrons. The number of aromatic nitrogens is 4. The summed E-state index contributed by atoms with van der Waals surface area (Å²) in [5, 5.41) is 22.3. The highest BCUT2D eigenvalue weighted by Gasteiger charge is 2.10. The Morgan fingerprint density at radius 3 is 2.85 bits per heavy atom. The summed E-state index contributed by atoms with van der Waals surface area (Å²) in [7, 11) is 0. The molecule has 0 amide bonds. The Balaban J connectivity index is 2.82. The predicted octanol–water partition coefficient (Wildman–Crippen LogP) is 0.257. The van der Waals surface area contributed by atoms with Crippen LogP contribution in [0.5, 0.6) is 11.9 Å². The minimum Gasteiger partial charge on any atom is -0.492 e. The zero-order valence-electron chi connectivity index (χ0n) is 6.97. The highest BCUT2D eigenvalue weighted by atomic mass is 16.3. The first-order valence-corrected chi connectivity index (χ1v) is 3.84. The topological polar surface area (TPSA) is 84.1 Å². The number of rotatable bonds is 1. The second-order valence-corrected chi connectivity index (χ2v) is 2.54. The average Bonchev–Trinajstić information content (AvgIpc) is 2.47. The fourth-order valence-electron chi connectivity index (χ4n) is 1.21. The molecule has 0 radical (unpaired) electrons. The Bertz CT molecular complexity index is 451. The van der Waals surface area contributed by atoms with Crippen LogP contribution in [0.4, 0.5) is 0 Å². The van der Waals surface area contributed by atoms with Crippen molar-refractivity contribution in [2.45, 2.75) is 13.5 Å². The van der Waals surface area contributed by atoms with Gasteiger partial charge in [-0.1, -0.05) is 0 Å². The smallest absolute Gasteiger partial charge is 0.317 e. The molecule has 0 aromatic carbocycles. The molecule has 0 fully saturated rings. The van der Waals surface area contributed by atoms with E-state index in [4.69, 9.17) is 5.11 Å². The summed E-state index contributed by atoms with van der Waals surface area (Å²) < 4.78 is 1.56. The number of aryl methyl sites for hydroxylation is 1. The number of aromatic hydroxyl groups is 2. The Labute approximate surface area is 73.5 Å². The zero-order valence-corrected chi connectivity index (χ0v) is 6.97. The van der Waals surface area contributed by atoms with Crippen molar-refractivity contribution in [1.82, 2.24) is 19.7 Å². The maximum Gasteiger partial charge on any atom is 0.317 e. The average molecular weight is 180 g/mol. The van der Waals surface area contributed by atoms with Crippen LogP contribution >= 0.6 is 0 Å². The third-order valence-corrected chi connectivity index (χ3v) is 1.76. The lowest BCUT2D eigenvalue weighted by Crippen LogP contribution is -1.96.